The van der Waals surface area contributed by atoms with Gasteiger partial charge in [0, 0.05) is 12.2 Å². The first kappa shape index (κ1) is 20.0. The van der Waals surface area contributed by atoms with Crippen LogP contribution in [0.1, 0.15) is 22.5 Å². The smallest absolute Gasteiger partial charge is 0.356 e. The number of nitriles is 1. The summed E-state index contributed by atoms with van der Waals surface area (Å²) in [5, 5.41) is 9.34. The normalized spacial score (nSPS) is 11.1. The largest absolute Gasteiger partial charge is 0.417 e. The Bertz CT molecular complexity index is 1220. The lowest BCUT2D eigenvalue weighted by atomic mass is 10.1. The van der Waals surface area contributed by atoms with Crippen LogP contribution in [-0.2, 0) is 12.7 Å². The van der Waals surface area contributed by atoms with Gasteiger partial charge >= 0.3 is 6.18 Å². The van der Waals surface area contributed by atoms with Crippen LogP contribution in [0.15, 0.2) is 41.2 Å². The van der Waals surface area contributed by atoms with Crippen molar-refractivity contribution in [2.45, 2.75) is 19.6 Å². The lowest BCUT2D eigenvalue weighted by Crippen LogP contribution is -2.24. The molecule has 5 nitrogen and oxygen atoms in total. The third kappa shape index (κ3) is 4.22. The predicted molar refractivity (Wildman–Crippen MR) is 103 cm³/mol. The Morgan fingerprint density at radius 2 is 2.00 bits per heavy atom. The van der Waals surface area contributed by atoms with Crippen molar-refractivity contribution in [1.29, 1.82) is 5.26 Å². The van der Waals surface area contributed by atoms with Crippen molar-refractivity contribution >= 4 is 16.6 Å². The van der Waals surface area contributed by atoms with Crippen molar-refractivity contribution in [2.75, 3.05) is 11.4 Å². The summed E-state index contributed by atoms with van der Waals surface area (Å²) in [4.78, 5) is 20.6. The van der Waals surface area contributed by atoms with E-state index in [4.69, 9.17) is 11.7 Å². The molecular formula is C21H15F3N4O. The summed E-state index contributed by atoms with van der Waals surface area (Å²) in [6.07, 6.45) is 0.736. The fraction of sp³-hybridized carbons (Fsp3) is 0.190. The van der Waals surface area contributed by atoms with E-state index in [1.807, 2.05) is 0 Å². The molecule has 29 heavy (non-hydrogen) atoms. The topological polar surface area (TPSA) is 72.8 Å². The van der Waals surface area contributed by atoms with Gasteiger partial charge in [0.25, 0.3) is 5.56 Å². The Labute approximate surface area is 164 Å². The van der Waals surface area contributed by atoms with Crippen molar-refractivity contribution in [1.82, 2.24) is 9.97 Å². The third-order valence-corrected chi connectivity index (χ3v) is 4.34. The molecule has 8 heteroatoms. The van der Waals surface area contributed by atoms with E-state index in [-0.39, 0.29) is 24.3 Å². The number of nitrogens with one attached hydrogen (secondary N) is 1. The minimum absolute atomic E-state index is 0.0454. The molecule has 146 valence electrons. The van der Waals surface area contributed by atoms with Crippen LogP contribution in [0.25, 0.3) is 10.9 Å². The number of aromatic amines is 1. The number of nitrogens with zero attached hydrogens (tertiary/aromatic N) is 3. The summed E-state index contributed by atoms with van der Waals surface area (Å²) >= 11 is 0. The van der Waals surface area contributed by atoms with Crippen LogP contribution in [0.5, 0.6) is 0 Å². The van der Waals surface area contributed by atoms with Crippen molar-refractivity contribution in [3.63, 3.8) is 0 Å². The number of halogens is 3. The molecule has 0 spiro atoms. The number of benzene rings is 2. The second-order valence-corrected chi connectivity index (χ2v) is 6.40. The average molecular weight is 396 g/mol. The SMILES string of the molecule is C#CCN(Cc1ccc2nc(C)[nH]c(=O)c2c1)c1ccc(C#N)c(C(F)(F)F)c1. The van der Waals surface area contributed by atoms with Gasteiger partial charge in [-0.25, -0.2) is 4.98 Å². The Hall–Kier alpha value is -3.78. The Kier molecular flexibility index (Phi) is 5.29. The quantitative estimate of drug-likeness (QED) is 0.682. The number of aryl methyl sites for hydroxylation is 1. The first-order valence-corrected chi connectivity index (χ1v) is 8.52. The zero-order chi connectivity index (χ0) is 21.2. The molecule has 0 saturated carbocycles. The summed E-state index contributed by atoms with van der Waals surface area (Å²) < 4.78 is 39.9. The zero-order valence-electron chi connectivity index (χ0n) is 15.3. The third-order valence-electron chi connectivity index (χ3n) is 4.34. The van der Waals surface area contributed by atoms with Crippen LogP contribution in [0, 0.1) is 30.6 Å². The Morgan fingerprint density at radius 3 is 2.66 bits per heavy atom. The van der Waals surface area contributed by atoms with Gasteiger partial charge in [0.1, 0.15) is 5.82 Å². The lowest BCUT2D eigenvalue weighted by molar-refractivity contribution is -0.137. The molecular weight excluding hydrogens is 381 g/mol. The summed E-state index contributed by atoms with van der Waals surface area (Å²) in [6.45, 7) is 1.90. The molecule has 0 bridgehead atoms. The maximum atomic E-state index is 13.3. The van der Waals surface area contributed by atoms with Crippen molar-refractivity contribution in [2.24, 2.45) is 0 Å². The number of H-pyrrole nitrogens is 1. The van der Waals surface area contributed by atoms with Crippen LogP contribution in [0.4, 0.5) is 18.9 Å². The van der Waals surface area contributed by atoms with Crippen molar-refractivity contribution in [3.05, 3.63) is 69.3 Å². The van der Waals surface area contributed by atoms with Crippen LogP contribution in [0.2, 0.25) is 0 Å². The molecule has 0 saturated heterocycles. The van der Waals surface area contributed by atoms with Crippen LogP contribution in [-0.4, -0.2) is 16.5 Å². The van der Waals surface area contributed by atoms with E-state index in [0.29, 0.717) is 22.3 Å². The maximum absolute atomic E-state index is 13.3. The van der Waals surface area contributed by atoms with Gasteiger partial charge in [0.05, 0.1) is 34.6 Å². The molecule has 0 aliphatic heterocycles. The molecule has 1 heterocycles. The van der Waals surface area contributed by atoms with Gasteiger partial charge in [0.15, 0.2) is 0 Å². The maximum Gasteiger partial charge on any atom is 0.417 e. The summed E-state index contributed by atoms with van der Waals surface area (Å²) in [7, 11) is 0. The minimum atomic E-state index is -4.66. The molecule has 2 aromatic carbocycles. The second kappa shape index (κ2) is 7.69. The van der Waals surface area contributed by atoms with Crippen LogP contribution < -0.4 is 10.5 Å². The van der Waals surface area contributed by atoms with E-state index in [1.165, 1.54) is 6.07 Å². The highest BCUT2D eigenvalue weighted by atomic mass is 19.4. The number of aromatic nitrogens is 2. The lowest BCUT2D eigenvalue weighted by Gasteiger charge is -2.24. The van der Waals surface area contributed by atoms with Crippen molar-refractivity contribution < 1.29 is 13.2 Å². The highest BCUT2D eigenvalue weighted by Crippen LogP contribution is 2.34. The molecule has 0 unspecified atom stereocenters. The molecule has 3 rings (SSSR count). The van der Waals surface area contributed by atoms with E-state index in [1.54, 1.807) is 36.1 Å². The molecule has 1 N–H and O–H groups in total. The van der Waals surface area contributed by atoms with E-state index in [2.05, 4.69) is 15.9 Å². The molecule has 0 fully saturated rings. The van der Waals surface area contributed by atoms with Gasteiger partial charge in [-0.3, -0.25) is 4.79 Å². The van der Waals surface area contributed by atoms with Crippen molar-refractivity contribution in [3.8, 4) is 18.4 Å². The van der Waals surface area contributed by atoms with Gasteiger partial charge in [-0.1, -0.05) is 12.0 Å². The Morgan fingerprint density at radius 1 is 1.24 bits per heavy atom. The first-order chi connectivity index (χ1) is 13.7. The van der Waals surface area contributed by atoms with Gasteiger partial charge in [0.2, 0.25) is 0 Å². The van der Waals surface area contributed by atoms with Crippen LogP contribution >= 0.6 is 0 Å². The minimum Gasteiger partial charge on any atom is -0.356 e. The highest BCUT2D eigenvalue weighted by molar-refractivity contribution is 5.78. The highest BCUT2D eigenvalue weighted by Gasteiger charge is 2.34. The number of fused-ring (bicyclic) bond motifs is 1. The van der Waals surface area contributed by atoms with Crippen LogP contribution in [0.3, 0.4) is 0 Å². The summed E-state index contributed by atoms with van der Waals surface area (Å²) in [5.41, 5.74) is -0.339. The van der Waals surface area contributed by atoms with Gasteiger partial charge in [-0.15, -0.1) is 6.42 Å². The molecule has 0 aliphatic rings. The molecule has 1 aromatic heterocycles. The monoisotopic (exact) mass is 396 g/mol. The average Bonchev–Trinajstić information content (AvgIpc) is 2.67. The molecule has 0 amide bonds. The zero-order valence-corrected chi connectivity index (χ0v) is 15.3. The van der Waals surface area contributed by atoms with E-state index >= 15 is 0 Å². The van der Waals surface area contributed by atoms with E-state index < -0.39 is 17.3 Å². The molecule has 3 aromatic rings. The van der Waals surface area contributed by atoms with Gasteiger partial charge < -0.3 is 9.88 Å². The summed E-state index contributed by atoms with van der Waals surface area (Å²) in [5.74, 6) is 2.92. The summed E-state index contributed by atoms with van der Waals surface area (Å²) in [6, 6.07) is 10.1. The second-order valence-electron chi connectivity index (χ2n) is 6.40. The fourth-order valence-electron chi connectivity index (χ4n) is 3.03. The first-order valence-electron chi connectivity index (χ1n) is 8.52. The number of rotatable bonds is 4. The number of anilines is 1. The molecule has 0 atom stereocenters. The van der Waals surface area contributed by atoms with E-state index in [0.717, 1.165) is 12.1 Å². The number of hydrogen-bond acceptors (Lipinski definition) is 4. The standard InChI is InChI=1S/C21H15F3N4O/c1-3-8-28(16-6-5-15(11-25)18(10-16)21(22,23)24)12-14-4-7-19-17(9-14)20(29)27-13(2)26-19/h1,4-7,9-10H,8,12H2,2H3,(H,26,27,29). The number of hydrogen-bond donors (Lipinski definition) is 1. The van der Waals surface area contributed by atoms with E-state index in [9.17, 15) is 18.0 Å². The number of terminal acetylenes is 1. The Balaban J connectivity index is 2.02. The molecule has 0 radical (unpaired) electrons. The predicted octanol–water partition coefficient (Wildman–Crippen LogP) is 3.76. The number of alkyl halides is 3. The van der Waals surface area contributed by atoms with Gasteiger partial charge in [-0.05, 0) is 42.8 Å². The van der Waals surface area contributed by atoms with Gasteiger partial charge in [-0.2, -0.15) is 18.4 Å². The fourth-order valence-corrected chi connectivity index (χ4v) is 3.03. The molecule has 0 aliphatic carbocycles.